The molecule has 0 saturated carbocycles. The van der Waals surface area contributed by atoms with Gasteiger partial charge in [-0.3, -0.25) is 14.1 Å². The third kappa shape index (κ3) is 5.38. The summed E-state index contributed by atoms with van der Waals surface area (Å²) >= 11 is 7.42. The molecule has 10 heteroatoms. The summed E-state index contributed by atoms with van der Waals surface area (Å²) in [5, 5.41) is 8.82. The summed E-state index contributed by atoms with van der Waals surface area (Å²) in [6, 6.07) is 14.7. The fraction of sp³-hybridized carbons (Fsp3) is 0.217. The van der Waals surface area contributed by atoms with Gasteiger partial charge in [0.25, 0.3) is 5.91 Å². The molecule has 0 aliphatic heterocycles. The molecule has 0 aliphatic rings. The summed E-state index contributed by atoms with van der Waals surface area (Å²) in [6.07, 6.45) is 3.64. The molecule has 4 aromatic rings. The van der Waals surface area contributed by atoms with Gasteiger partial charge in [0, 0.05) is 47.1 Å². The maximum absolute atomic E-state index is 12.6. The van der Waals surface area contributed by atoms with Crippen molar-refractivity contribution in [3.8, 4) is 0 Å². The van der Waals surface area contributed by atoms with E-state index >= 15 is 0 Å². The van der Waals surface area contributed by atoms with Crippen molar-refractivity contribution in [3.05, 3.63) is 64.6 Å². The molecule has 0 spiro atoms. The first-order valence-corrected chi connectivity index (χ1v) is 13.3. The number of carbonyl (C=O) groups excluding carboxylic acids is 1. The highest BCUT2D eigenvalue weighted by molar-refractivity contribution is 7.92. The number of anilines is 2. The van der Waals surface area contributed by atoms with Gasteiger partial charge >= 0.3 is 0 Å². The van der Waals surface area contributed by atoms with E-state index in [4.69, 9.17) is 11.6 Å². The van der Waals surface area contributed by atoms with Crippen LogP contribution in [0.1, 0.15) is 16.1 Å². The van der Waals surface area contributed by atoms with Crippen molar-refractivity contribution >= 4 is 71.2 Å². The molecule has 4 rings (SSSR count). The van der Waals surface area contributed by atoms with E-state index < -0.39 is 10.0 Å². The molecular weight excluding hydrogens is 480 g/mol. The number of rotatable bonds is 8. The van der Waals surface area contributed by atoms with Gasteiger partial charge in [-0.25, -0.2) is 8.42 Å². The molecule has 0 aliphatic carbocycles. The van der Waals surface area contributed by atoms with Gasteiger partial charge < -0.3 is 10.6 Å². The van der Waals surface area contributed by atoms with Gasteiger partial charge in [0.15, 0.2) is 0 Å². The first-order valence-electron chi connectivity index (χ1n) is 10.3. The van der Waals surface area contributed by atoms with Gasteiger partial charge in [-0.1, -0.05) is 11.6 Å². The van der Waals surface area contributed by atoms with Gasteiger partial charge in [-0.15, -0.1) is 11.3 Å². The second-order valence-corrected chi connectivity index (χ2v) is 11.2. The average Bonchev–Trinajstić information content (AvgIpc) is 3.21. The second kappa shape index (κ2) is 9.54. The number of hydrogen-bond donors (Lipinski definition) is 2. The van der Waals surface area contributed by atoms with E-state index in [1.807, 2.05) is 30.3 Å². The number of hydrogen-bond acceptors (Lipinski definition) is 6. The molecule has 1 amide bonds. The van der Waals surface area contributed by atoms with Gasteiger partial charge in [0.1, 0.15) is 0 Å². The average molecular weight is 503 g/mol. The van der Waals surface area contributed by atoms with Crippen LogP contribution in [-0.2, 0) is 10.0 Å². The molecule has 172 valence electrons. The molecule has 2 aromatic carbocycles. The van der Waals surface area contributed by atoms with Crippen molar-refractivity contribution in [1.29, 1.82) is 0 Å². The second-order valence-electron chi connectivity index (χ2n) is 7.62. The highest BCUT2D eigenvalue weighted by atomic mass is 35.5. The molecule has 0 saturated heterocycles. The van der Waals surface area contributed by atoms with E-state index in [0.29, 0.717) is 28.7 Å². The number of carbonyl (C=O) groups is 1. The number of nitrogens with one attached hydrogen (secondary N) is 2. The van der Waals surface area contributed by atoms with Crippen LogP contribution in [0.25, 0.3) is 21.0 Å². The van der Waals surface area contributed by atoms with Crippen molar-refractivity contribution in [3.63, 3.8) is 0 Å². The van der Waals surface area contributed by atoms with E-state index in [-0.39, 0.29) is 5.91 Å². The number of thiophene rings is 1. The molecule has 0 radical (unpaired) electrons. The lowest BCUT2D eigenvalue weighted by molar-refractivity contribution is 0.0957. The highest BCUT2D eigenvalue weighted by Crippen LogP contribution is 2.30. The summed E-state index contributed by atoms with van der Waals surface area (Å²) in [5.41, 5.74) is 2.37. The SMILES string of the molecule is CN(c1ccc2sc(C(=O)NCCCNc3ccnc4cc(Cl)ccc34)cc2c1)S(C)(=O)=O. The molecule has 0 unspecified atom stereocenters. The molecule has 0 fully saturated rings. The lowest BCUT2D eigenvalue weighted by atomic mass is 10.2. The first-order chi connectivity index (χ1) is 15.7. The van der Waals surface area contributed by atoms with Crippen LogP contribution in [0, 0.1) is 0 Å². The number of amides is 1. The third-order valence-electron chi connectivity index (χ3n) is 5.24. The van der Waals surface area contributed by atoms with Crippen molar-refractivity contribution in [2.75, 3.05) is 36.0 Å². The Bertz CT molecular complexity index is 1440. The summed E-state index contributed by atoms with van der Waals surface area (Å²) in [7, 11) is -1.84. The van der Waals surface area contributed by atoms with E-state index in [0.717, 1.165) is 39.4 Å². The van der Waals surface area contributed by atoms with Gasteiger partial charge in [0.05, 0.1) is 22.3 Å². The predicted octanol–water partition coefficient (Wildman–Crippen LogP) is 4.73. The minimum Gasteiger partial charge on any atom is -0.384 e. The summed E-state index contributed by atoms with van der Waals surface area (Å²) in [4.78, 5) is 17.5. The van der Waals surface area contributed by atoms with Crippen LogP contribution < -0.4 is 14.9 Å². The minimum atomic E-state index is -3.34. The Morgan fingerprint density at radius 2 is 1.94 bits per heavy atom. The van der Waals surface area contributed by atoms with Crippen LogP contribution in [0.5, 0.6) is 0 Å². The topological polar surface area (TPSA) is 91.4 Å². The van der Waals surface area contributed by atoms with Crippen LogP contribution in [0.2, 0.25) is 5.02 Å². The van der Waals surface area contributed by atoms with Crippen molar-refractivity contribution in [1.82, 2.24) is 10.3 Å². The lowest BCUT2D eigenvalue weighted by Crippen LogP contribution is -2.25. The Labute approximate surface area is 201 Å². The minimum absolute atomic E-state index is 0.141. The fourth-order valence-corrected chi connectivity index (χ4v) is 5.03. The lowest BCUT2D eigenvalue weighted by Gasteiger charge is -2.16. The molecule has 2 aromatic heterocycles. The van der Waals surface area contributed by atoms with Crippen LogP contribution >= 0.6 is 22.9 Å². The molecule has 2 N–H and O–H groups in total. The zero-order valence-corrected chi connectivity index (χ0v) is 20.5. The van der Waals surface area contributed by atoms with Crippen LogP contribution in [0.3, 0.4) is 0 Å². The van der Waals surface area contributed by atoms with Gasteiger partial charge in [-0.2, -0.15) is 0 Å². The van der Waals surface area contributed by atoms with Crippen molar-refractivity contribution < 1.29 is 13.2 Å². The monoisotopic (exact) mass is 502 g/mol. The largest absolute Gasteiger partial charge is 0.384 e. The van der Waals surface area contributed by atoms with Crippen molar-refractivity contribution in [2.24, 2.45) is 0 Å². The number of halogens is 1. The fourth-order valence-electron chi connectivity index (χ4n) is 3.41. The molecule has 7 nitrogen and oxygen atoms in total. The standard InChI is InChI=1S/C23H23ClN4O3S2/c1-28(33(2,30)31)17-5-7-21-15(12-17)13-22(32-21)23(29)27-10-3-9-25-19-8-11-26-20-14-16(24)4-6-18(19)20/h4-8,11-14H,3,9-10H2,1-2H3,(H,25,26)(H,27,29). The normalized spacial score (nSPS) is 11.6. The van der Waals surface area contributed by atoms with Crippen LogP contribution in [-0.4, -0.2) is 45.7 Å². The van der Waals surface area contributed by atoms with E-state index in [9.17, 15) is 13.2 Å². The molecule has 2 heterocycles. The Balaban J connectivity index is 1.33. The van der Waals surface area contributed by atoms with Crippen molar-refractivity contribution in [2.45, 2.75) is 6.42 Å². The Hall–Kier alpha value is -2.88. The predicted molar refractivity (Wildman–Crippen MR) is 137 cm³/mol. The summed E-state index contributed by atoms with van der Waals surface area (Å²) in [5.74, 6) is -0.141. The van der Waals surface area contributed by atoms with Gasteiger partial charge in [-0.05, 0) is 60.3 Å². The number of pyridine rings is 1. The maximum Gasteiger partial charge on any atom is 0.261 e. The van der Waals surface area contributed by atoms with E-state index in [1.165, 1.54) is 22.7 Å². The van der Waals surface area contributed by atoms with Crippen LogP contribution in [0.15, 0.2) is 54.7 Å². The third-order valence-corrected chi connectivity index (χ3v) is 7.80. The number of nitrogens with zero attached hydrogens (tertiary/aromatic N) is 2. The Morgan fingerprint density at radius 3 is 2.73 bits per heavy atom. The molecule has 0 atom stereocenters. The molecule has 33 heavy (non-hydrogen) atoms. The number of sulfonamides is 1. The molecular formula is C23H23ClN4O3S2. The zero-order valence-electron chi connectivity index (χ0n) is 18.1. The maximum atomic E-state index is 12.6. The smallest absolute Gasteiger partial charge is 0.261 e. The van der Waals surface area contributed by atoms with E-state index in [2.05, 4.69) is 15.6 Å². The molecule has 0 bridgehead atoms. The van der Waals surface area contributed by atoms with Gasteiger partial charge in [0.2, 0.25) is 10.0 Å². The summed E-state index contributed by atoms with van der Waals surface area (Å²) in [6.45, 7) is 1.21. The van der Waals surface area contributed by atoms with E-state index in [1.54, 1.807) is 24.4 Å². The highest BCUT2D eigenvalue weighted by Gasteiger charge is 2.15. The Morgan fingerprint density at radius 1 is 1.12 bits per heavy atom. The first kappa shape index (κ1) is 23.3. The Kier molecular flexibility index (Phi) is 6.73. The number of aromatic nitrogens is 1. The van der Waals surface area contributed by atoms with Crippen LogP contribution in [0.4, 0.5) is 11.4 Å². The quantitative estimate of drug-likeness (QED) is 0.340. The number of fused-ring (bicyclic) bond motifs is 2. The summed E-state index contributed by atoms with van der Waals surface area (Å²) < 4.78 is 25.7. The number of benzene rings is 2. The zero-order chi connectivity index (χ0) is 23.6.